The number of hydrogen-bond acceptors (Lipinski definition) is 7. The largest absolute Gasteiger partial charge is 0.507 e. The number of aliphatic hydroxyl groups is 1. The van der Waals surface area contributed by atoms with Gasteiger partial charge in [-0.25, -0.2) is 13.2 Å². The van der Waals surface area contributed by atoms with E-state index in [0.717, 1.165) is 6.21 Å². The van der Waals surface area contributed by atoms with E-state index in [9.17, 15) is 27.9 Å². The Morgan fingerprint density at radius 2 is 1.76 bits per heavy atom. The van der Waals surface area contributed by atoms with Crippen molar-refractivity contribution in [1.29, 1.82) is 0 Å². The third-order valence-corrected chi connectivity index (χ3v) is 6.18. The van der Waals surface area contributed by atoms with E-state index in [-0.39, 0.29) is 39.9 Å². The molecule has 0 radical (unpaired) electrons. The lowest BCUT2D eigenvalue weighted by Crippen LogP contribution is -2.52. The predicted molar refractivity (Wildman–Crippen MR) is 115 cm³/mol. The summed E-state index contributed by atoms with van der Waals surface area (Å²) in [6, 6.07) is 2.62. The van der Waals surface area contributed by atoms with E-state index in [1.54, 1.807) is 0 Å². The van der Waals surface area contributed by atoms with Crippen LogP contribution < -0.4 is 14.2 Å². The molecule has 2 aromatic rings. The number of methoxy groups -OCH3 is 2. The van der Waals surface area contributed by atoms with Crippen LogP contribution in [0.25, 0.3) is 0 Å². The SMILES string of the molecule is COc1cc(OC)c2c(c1Cl)O[C@]1(C2=O)C(O)=C(C=Nc2cc(F)c(F)c(F)c2)C(=O)C[C@H]1C. The van der Waals surface area contributed by atoms with E-state index >= 15 is 0 Å². The summed E-state index contributed by atoms with van der Waals surface area (Å²) >= 11 is 6.34. The van der Waals surface area contributed by atoms with Gasteiger partial charge in [0.2, 0.25) is 11.4 Å². The maximum atomic E-state index is 13.6. The summed E-state index contributed by atoms with van der Waals surface area (Å²) in [4.78, 5) is 30.0. The number of carbonyl (C=O) groups excluding carboxylic acids is 2. The molecule has 0 bridgehead atoms. The molecule has 0 saturated heterocycles. The van der Waals surface area contributed by atoms with Crippen molar-refractivity contribution < 1.29 is 42.1 Å². The van der Waals surface area contributed by atoms with Crippen molar-refractivity contribution in [3.05, 3.63) is 57.6 Å². The number of fused-ring (bicyclic) bond motifs is 1. The number of allylic oxidation sites excluding steroid dienone is 1. The summed E-state index contributed by atoms with van der Waals surface area (Å²) < 4.78 is 56.6. The smallest absolute Gasteiger partial charge is 0.231 e. The molecule has 1 spiro atoms. The van der Waals surface area contributed by atoms with E-state index in [4.69, 9.17) is 25.8 Å². The Labute approximate surface area is 196 Å². The maximum absolute atomic E-state index is 13.6. The molecule has 7 nitrogen and oxygen atoms in total. The van der Waals surface area contributed by atoms with Crippen molar-refractivity contribution in [2.45, 2.75) is 18.9 Å². The van der Waals surface area contributed by atoms with Gasteiger partial charge in [0, 0.05) is 36.8 Å². The highest BCUT2D eigenvalue weighted by molar-refractivity contribution is 6.35. The molecule has 11 heteroatoms. The highest BCUT2D eigenvalue weighted by Crippen LogP contribution is 2.54. The number of aliphatic imine (C=N–C) groups is 1. The molecule has 4 rings (SSSR count). The number of ether oxygens (including phenoxy) is 3. The van der Waals surface area contributed by atoms with Crippen LogP contribution in [-0.4, -0.2) is 42.7 Å². The number of Topliss-reactive ketones (excluding diaryl/α,β-unsaturated/α-hetero) is 2. The van der Waals surface area contributed by atoms with Gasteiger partial charge >= 0.3 is 0 Å². The minimum atomic E-state index is -2.03. The fourth-order valence-electron chi connectivity index (χ4n) is 4.07. The van der Waals surface area contributed by atoms with Crippen LogP contribution in [0.4, 0.5) is 18.9 Å². The average Bonchev–Trinajstić information content (AvgIpc) is 3.11. The van der Waals surface area contributed by atoms with E-state index in [1.807, 2.05) is 0 Å². The summed E-state index contributed by atoms with van der Waals surface area (Å²) in [7, 11) is 2.68. The number of halogens is 4. The van der Waals surface area contributed by atoms with Crippen LogP contribution in [0.1, 0.15) is 23.7 Å². The second-order valence-corrected chi connectivity index (χ2v) is 8.12. The van der Waals surface area contributed by atoms with Crippen LogP contribution in [0, 0.1) is 23.4 Å². The highest BCUT2D eigenvalue weighted by Gasteiger charge is 2.60. The van der Waals surface area contributed by atoms with Crippen LogP contribution >= 0.6 is 11.6 Å². The van der Waals surface area contributed by atoms with Gasteiger partial charge in [0.1, 0.15) is 22.1 Å². The van der Waals surface area contributed by atoms with Gasteiger partial charge in [0.05, 0.1) is 25.5 Å². The fraction of sp³-hybridized carbons (Fsp3) is 0.261. The molecule has 2 aromatic carbocycles. The number of benzene rings is 2. The summed E-state index contributed by atoms with van der Waals surface area (Å²) in [5.41, 5.74) is -2.83. The Morgan fingerprint density at radius 3 is 2.35 bits per heavy atom. The molecule has 0 amide bonds. The van der Waals surface area contributed by atoms with Crippen LogP contribution in [0.2, 0.25) is 5.02 Å². The third-order valence-electron chi connectivity index (χ3n) is 5.82. The summed E-state index contributed by atoms with van der Waals surface area (Å²) in [6.07, 6.45) is 0.616. The number of rotatable bonds is 4. The molecule has 1 aliphatic heterocycles. The zero-order valence-corrected chi connectivity index (χ0v) is 18.8. The normalized spacial score (nSPS) is 21.9. The van der Waals surface area contributed by atoms with Gasteiger partial charge in [0.15, 0.2) is 34.7 Å². The zero-order valence-electron chi connectivity index (χ0n) is 18.0. The zero-order chi connectivity index (χ0) is 24.9. The van der Waals surface area contributed by atoms with Gasteiger partial charge < -0.3 is 19.3 Å². The molecule has 0 unspecified atom stereocenters. The standard InChI is InChI=1S/C23H17ClF3NO6/c1-9-4-14(29)11(8-28-10-5-12(25)19(27)13(26)6-10)21(30)23(9)22(31)17-15(32-2)7-16(33-3)18(24)20(17)34-23/h5-9,30H,4H2,1-3H3/t9-,23+/m1/s1. The number of hydrogen-bond donors (Lipinski definition) is 1. The molecule has 34 heavy (non-hydrogen) atoms. The molecular weight excluding hydrogens is 479 g/mol. The molecule has 1 N–H and O–H groups in total. The molecule has 0 aromatic heterocycles. The van der Waals surface area contributed by atoms with E-state index < -0.39 is 51.9 Å². The summed E-state index contributed by atoms with van der Waals surface area (Å²) in [6.45, 7) is 1.54. The second kappa shape index (κ2) is 8.35. The monoisotopic (exact) mass is 495 g/mol. The van der Waals surface area contributed by atoms with Crippen LogP contribution in [-0.2, 0) is 4.79 Å². The average molecular weight is 496 g/mol. The third kappa shape index (κ3) is 3.32. The molecule has 0 fully saturated rings. The van der Waals surface area contributed by atoms with E-state index in [2.05, 4.69) is 4.99 Å². The fourth-order valence-corrected chi connectivity index (χ4v) is 4.33. The van der Waals surface area contributed by atoms with Crippen LogP contribution in [0.5, 0.6) is 17.2 Å². The first-order valence-corrected chi connectivity index (χ1v) is 10.3. The topological polar surface area (TPSA) is 94.4 Å². The Balaban J connectivity index is 1.86. The molecule has 1 heterocycles. The van der Waals surface area contributed by atoms with Gasteiger partial charge in [-0.15, -0.1) is 0 Å². The summed E-state index contributed by atoms with van der Waals surface area (Å²) in [5, 5.41) is 11.1. The molecular formula is C23H17ClF3NO6. The Hall–Kier alpha value is -3.53. The van der Waals surface area contributed by atoms with Gasteiger partial charge in [-0.1, -0.05) is 18.5 Å². The van der Waals surface area contributed by atoms with Crippen molar-refractivity contribution in [2.75, 3.05) is 14.2 Å². The van der Waals surface area contributed by atoms with Crippen molar-refractivity contribution in [1.82, 2.24) is 0 Å². The number of ketones is 2. The lowest BCUT2D eigenvalue weighted by molar-refractivity contribution is -0.118. The molecule has 178 valence electrons. The van der Waals surface area contributed by atoms with Gasteiger partial charge in [-0.3, -0.25) is 14.6 Å². The Bertz CT molecular complexity index is 1290. The number of nitrogens with zero attached hydrogens (tertiary/aromatic N) is 1. The first-order chi connectivity index (χ1) is 16.1. The number of aliphatic hydroxyl groups excluding tert-OH is 1. The minimum absolute atomic E-state index is 0.0343. The number of carbonyl (C=O) groups is 2. The minimum Gasteiger partial charge on any atom is -0.507 e. The lowest BCUT2D eigenvalue weighted by atomic mass is 9.73. The maximum Gasteiger partial charge on any atom is 0.231 e. The van der Waals surface area contributed by atoms with Crippen molar-refractivity contribution >= 4 is 35.1 Å². The van der Waals surface area contributed by atoms with E-state index in [0.29, 0.717) is 12.1 Å². The van der Waals surface area contributed by atoms with Gasteiger partial charge in [0.25, 0.3) is 0 Å². The van der Waals surface area contributed by atoms with Crippen molar-refractivity contribution in [2.24, 2.45) is 10.9 Å². The molecule has 0 saturated carbocycles. The molecule has 2 aliphatic rings. The molecule has 1 aliphatic carbocycles. The Morgan fingerprint density at radius 1 is 1.15 bits per heavy atom. The lowest BCUT2D eigenvalue weighted by Gasteiger charge is -2.36. The predicted octanol–water partition coefficient (Wildman–Crippen LogP) is 4.91. The first-order valence-electron chi connectivity index (χ1n) is 9.90. The van der Waals surface area contributed by atoms with Gasteiger partial charge in [-0.2, -0.15) is 0 Å². The van der Waals surface area contributed by atoms with Gasteiger partial charge in [-0.05, 0) is 0 Å². The second-order valence-electron chi connectivity index (χ2n) is 7.74. The van der Waals surface area contributed by atoms with E-state index in [1.165, 1.54) is 27.2 Å². The van der Waals surface area contributed by atoms with Crippen molar-refractivity contribution in [3.63, 3.8) is 0 Å². The summed E-state index contributed by atoms with van der Waals surface area (Å²) in [5.74, 6) is -7.35. The highest BCUT2D eigenvalue weighted by atomic mass is 35.5. The first kappa shape index (κ1) is 23.6. The quantitative estimate of drug-likeness (QED) is 0.478. The van der Waals surface area contributed by atoms with Crippen LogP contribution in [0.15, 0.2) is 34.5 Å². The Kier molecular flexibility index (Phi) is 5.80. The van der Waals surface area contributed by atoms with Crippen molar-refractivity contribution in [3.8, 4) is 17.2 Å². The van der Waals surface area contributed by atoms with Crippen LogP contribution in [0.3, 0.4) is 0 Å². The molecule has 2 atom stereocenters.